The number of aromatic nitrogens is 4. The predicted octanol–water partition coefficient (Wildman–Crippen LogP) is 2.18. The molecule has 0 aliphatic carbocycles. The van der Waals surface area contributed by atoms with E-state index in [1.165, 1.54) is 11.8 Å². The summed E-state index contributed by atoms with van der Waals surface area (Å²) in [6, 6.07) is 6.39. The van der Waals surface area contributed by atoms with Crippen LogP contribution in [-0.2, 0) is 21.2 Å². The minimum Gasteiger partial charge on any atom is -0.378 e. The SMILES string of the molecule is CS(=O)(=O)N1CCC(n2ncc3c(-c4ccc5c(c4)N=CC5)nc(N4CCOCC4)nc32)CC1. The Morgan fingerprint density at radius 2 is 1.85 bits per heavy atom. The van der Waals surface area contributed by atoms with E-state index in [4.69, 9.17) is 19.8 Å². The summed E-state index contributed by atoms with van der Waals surface area (Å²) in [4.78, 5) is 16.6. The molecule has 34 heavy (non-hydrogen) atoms. The average molecular weight is 482 g/mol. The lowest BCUT2D eigenvalue weighted by molar-refractivity contribution is 0.122. The van der Waals surface area contributed by atoms with Crippen molar-refractivity contribution in [2.24, 2.45) is 4.99 Å². The molecule has 0 N–H and O–H groups in total. The normalized spacial score (nSPS) is 19.7. The zero-order valence-electron chi connectivity index (χ0n) is 19.1. The third kappa shape index (κ3) is 3.87. The second kappa shape index (κ2) is 8.40. The molecule has 0 unspecified atom stereocenters. The van der Waals surface area contributed by atoms with E-state index in [1.807, 2.05) is 17.1 Å². The van der Waals surface area contributed by atoms with E-state index in [1.54, 1.807) is 4.31 Å². The van der Waals surface area contributed by atoms with E-state index in [2.05, 4.69) is 28.1 Å². The summed E-state index contributed by atoms with van der Waals surface area (Å²) < 4.78 is 32.9. The maximum atomic E-state index is 12.0. The van der Waals surface area contributed by atoms with Gasteiger partial charge in [0, 0.05) is 44.4 Å². The van der Waals surface area contributed by atoms with Gasteiger partial charge in [-0.3, -0.25) is 4.99 Å². The van der Waals surface area contributed by atoms with E-state index in [0.717, 1.165) is 47.5 Å². The van der Waals surface area contributed by atoms with Crippen LogP contribution in [0.1, 0.15) is 24.4 Å². The summed E-state index contributed by atoms with van der Waals surface area (Å²) in [6.45, 7) is 3.74. The Morgan fingerprint density at radius 1 is 1.06 bits per heavy atom. The molecule has 2 saturated heterocycles. The van der Waals surface area contributed by atoms with Crippen LogP contribution in [0.5, 0.6) is 0 Å². The standard InChI is InChI=1S/C23H27N7O3S/c1-34(31,32)29-8-5-18(6-9-29)30-22-19(15-25-30)21(17-3-2-16-4-7-24-20(16)14-17)26-23(27-22)28-10-12-33-13-11-28/h2-3,7,14-15,18H,4-6,8-13H2,1H3. The van der Waals surface area contributed by atoms with Crippen LogP contribution in [0.25, 0.3) is 22.3 Å². The smallest absolute Gasteiger partial charge is 0.228 e. The number of piperidine rings is 1. The fraction of sp³-hybridized carbons (Fsp3) is 0.478. The first-order chi connectivity index (χ1) is 16.5. The monoisotopic (exact) mass is 481 g/mol. The topological polar surface area (TPSA) is 106 Å². The van der Waals surface area contributed by atoms with Crippen molar-refractivity contribution in [2.45, 2.75) is 25.3 Å². The van der Waals surface area contributed by atoms with Gasteiger partial charge in [-0.15, -0.1) is 0 Å². The van der Waals surface area contributed by atoms with E-state index in [0.29, 0.717) is 45.1 Å². The molecule has 0 saturated carbocycles. The van der Waals surface area contributed by atoms with E-state index >= 15 is 0 Å². The number of sulfonamides is 1. The highest BCUT2D eigenvalue weighted by atomic mass is 32.2. The van der Waals surface area contributed by atoms with Gasteiger partial charge in [-0.2, -0.15) is 10.1 Å². The summed E-state index contributed by atoms with van der Waals surface area (Å²) in [5.41, 5.74) is 4.82. The third-order valence-corrected chi connectivity index (χ3v) is 8.18. The quantitative estimate of drug-likeness (QED) is 0.562. The minimum atomic E-state index is -3.18. The molecular formula is C23H27N7O3S. The predicted molar refractivity (Wildman–Crippen MR) is 130 cm³/mol. The molecule has 1 aromatic carbocycles. The van der Waals surface area contributed by atoms with Gasteiger partial charge < -0.3 is 9.64 Å². The first-order valence-electron chi connectivity index (χ1n) is 11.7. The zero-order valence-corrected chi connectivity index (χ0v) is 19.9. The van der Waals surface area contributed by atoms with Gasteiger partial charge in [-0.05, 0) is 24.5 Å². The van der Waals surface area contributed by atoms with Crippen LogP contribution in [-0.4, -0.2) is 84.3 Å². The molecular weight excluding hydrogens is 454 g/mol. The van der Waals surface area contributed by atoms with E-state index in [-0.39, 0.29) is 6.04 Å². The molecule has 0 spiro atoms. The number of fused-ring (bicyclic) bond motifs is 2. The third-order valence-electron chi connectivity index (χ3n) is 6.87. The number of ether oxygens (including phenoxy) is 1. The second-order valence-electron chi connectivity index (χ2n) is 9.05. The lowest BCUT2D eigenvalue weighted by atomic mass is 10.0. The van der Waals surface area contributed by atoms with Crippen molar-refractivity contribution in [1.29, 1.82) is 0 Å². The van der Waals surface area contributed by atoms with Gasteiger partial charge in [-0.1, -0.05) is 12.1 Å². The van der Waals surface area contributed by atoms with Gasteiger partial charge >= 0.3 is 0 Å². The van der Waals surface area contributed by atoms with Crippen LogP contribution in [0.15, 0.2) is 29.4 Å². The zero-order chi connectivity index (χ0) is 23.3. The van der Waals surface area contributed by atoms with Crippen molar-refractivity contribution in [1.82, 2.24) is 24.1 Å². The highest BCUT2D eigenvalue weighted by Gasteiger charge is 2.29. The van der Waals surface area contributed by atoms with Crippen LogP contribution in [0.4, 0.5) is 11.6 Å². The average Bonchev–Trinajstić information content (AvgIpc) is 3.50. The highest BCUT2D eigenvalue weighted by Crippen LogP contribution is 2.35. The summed E-state index contributed by atoms with van der Waals surface area (Å²) in [6.07, 6.45) is 7.30. The maximum absolute atomic E-state index is 12.0. The van der Waals surface area contributed by atoms with Crippen molar-refractivity contribution in [2.75, 3.05) is 50.5 Å². The minimum absolute atomic E-state index is 0.0837. The van der Waals surface area contributed by atoms with E-state index in [9.17, 15) is 8.42 Å². The Balaban J connectivity index is 1.43. The highest BCUT2D eigenvalue weighted by molar-refractivity contribution is 7.88. The van der Waals surface area contributed by atoms with Gasteiger partial charge in [0.1, 0.15) is 0 Å². The largest absolute Gasteiger partial charge is 0.378 e. The molecule has 2 aromatic heterocycles. The van der Waals surface area contributed by atoms with Crippen molar-refractivity contribution in [3.8, 4) is 11.3 Å². The number of aliphatic imine (C=N–C) groups is 1. The number of anilines is 1. The van der Waals surface area contributed by atoms with Crippen molar-refractivity contribution < 1.29 is 13.2 Å². The van der Waals surface area contributed by atoms with Crippen molar-refractivity contribution in [3.05, 3.63) is 30.0 Å². The van der Waals surface area contributed by atoms with Gasteiger partial charge in [0.15, 0.2) is 5.65 Å². The number of morpholine rings is 1. The number of hydrogen-bond acceptors (Lipinski definition) is 8. The Kier molecular flexibility index (Phi) is 5.34. The molecule has 3 aliphatic rings. The fourth-order valence-electron chi connectivity index (χ4n) is 4.97. The lowest BCUT2D eigenvalue weighted by Crippen LogP contribution is -2.38. The molecule has 178 valence electrons. The van der Waals surface area contributed by atoms with Crippen LogP contribution in [0.3, 0.4) is 0 Å². The Bertz CT molecular complexity index is 1370. The molecule has 11 heteroatoms. The number of benzene rings is 1. The van der Waals surface area contributed by atoms with Crippen LogP contribution < -0.4 is 4.90 Å². The van der Waals surface area contributed by atoms with Crippen LogP contribution in [0, 0.1) is 0 Å². The summed E-state index contributed by atoms with van der Waals surface area (Å²) in [7, 11) is -3.18. The van der Waals surface area contributed by atoms with Gasteiger partial charge in [0.25, 0.3) is 0 Å². The molecule has 3 aliphatic heterocycles. The molecule has 0 radical (unpaired) electrons. The lowest BCUT2D eigenvalue weighted by Gasteiger charge is -2.30. The first-order valence-corrected chi connectivity index (χ1v) is 13.5. The molecule has 0 amide bonds. The summed E-state index contributed by atoms with van der Waals surface area (Å²) in [5.74, 6) is 0.671. The van der Waals surface area contributed by atoms with Gasteiger partial charge in [-0.25, -0.2) is 22.4 Å². The number of hydrogen-bond donors (Lipinski definition) is 0. The Hall–Kier alpha value is -2.89. The van der Waals surface area contributed by atoms with Gasteiger partial charge in [0.2, 0.25) is 16.0 Å². The van der Waals surface area contributed by atoms with Crippen LogP contribution >= 0.6 is 0 Å². The Labute approximate surface area is 198 Å². The molecule has 10 nitrogen and oxygen atoms in total. The molecule has 3 aromatic rings. The second-order valence-corrected chi connectivity index (χ2v) is 11.0. The van der Waals surface area contributed by atoms with E-state index < -0.39 is 10.0 Å². The summed E-state index contributed by atoms with van der Waals surface area (Å²) >= 11 is 0. The maximum Gasteiger partial charge on any atom is 0.228 e. The van der Waals surface area contributed by atoms with Crippen molar-refractivity contribution >= 4 is 38.9 Å². The molecule has 6 rings (SSSR count). The van der Waals surface area contributed by atoms with Gasteiger partial charge in [0.05, 0.1) is 48.5 Å². The van der Waals surface area contributed by atoms with Crippen LogP contribution in [0.2, 0.25) is 0 Å². The molecule has 2 fully saturated rings. The number of rotatable bonds is 4. The summed E-state index contributed by atoms with van der Waals surface area (Å²) in [5, 5.41) is 5.62. The van der Waals surface area contributed by atoms with Crippen molar-refractivity contribution in [3.63, 3.8) is 0 Å². The first kappa shape index (κ1) is 21.6. The molecule has 0 bridgehead atoms. The molecule has 5 heterocycles. The molecule has 0 atom stereocenters. The Morgan fingerprint density at radius 3 is 2.62 bits per heavy atom. The fourth-order valence-corrected chi connectivity index (χ4v) is 5.85. The number of nitrogens with zero attached hydrogens (tertiary/aromatic N) is 7.